The molecule has 1 aromatic rings. The number of rotatable bonds is 2. The number of carbonyl (C=O) groups is 2. The highest BCUT2D eigenvalue weighted by atomic mass is 35.5. The summed E-state index contributed by atoms with van der Waals surface area (Å²) < 4.78 is 0. The summed E-state index contributed by atoms with van der Waals surface area (Å²) in [6, 6.07) is 6.21. The molecule has 0 unspecified atom stereocenters. The molecule has 0 aromatic heterocycles. The molecule has 0 spiro atoms. The number of carbonyl (C=O) groups excluding carboxylic acids is 2. The van der Waals surface area contributed by atoms with Crippen molar-refractivity contribution >= 4 is 40.7 Å². The molecule has 0 amide bonds. The lowest BCUT2D eigenvalue weighted by molar-refractivity contribution is -0.110. The highest BCUT2D eigenvalue weighted by molar-refractivity contribution is 6.47. The second kappa shape index (κ2) is 6.03. The van der Waals surface area contributed by atoms with Crippen LogP contribution in [0, 0.1) is 0 Å². The van der Waals surface area contributed by atoms with Crippen LogP contribution in [0.4, 0.5) is 0 Å². The fraction of sp³-hybridized carbons (Fsp3) is 0.0714. The maximum absolute atomic E-state index is 11.7. The van der Waals surface area contributed by atoms with Gasteiger partial charge in [0.25, 0.3) is 0 Å². The lowest BCUT2D eigenvalue weighted by Gasteiger charge is -2.07. The number of oxime groups is 1. The van der Waals surface area contributed by atoms with Gasteiger partial charge in [-0.15, -0.1) is 0 Å². The van der Waals surface area contributed by atoms with Gasteiger partial charge in [0.1, 0.15) is 5.71 Å². The van der Waals surface area contributed by atoms with E-state index in [0.29, 0.717) is 21.9 Å². The first-order valence-electron chi connectivity index (χ1n) is 5.62. The van der Waals surface area contributed by atoms with Crippen molar-refractivity contribution < 1.29 is 14.4 Å². The Morgan fingerprint density at radius 1 is 1.15 bits per heavy atom. The lowest BCUT2D eigenvalue weighted by Crippen LogP contribution is -2.11. The fourth-order valence-electron chi connectivity index (χ4n) is 1.47. The fourth-order valence-corrected chi connectivity index (χ4v) is 1.76. The van der Waals surface area contributed by atoms with E-state index in [9.17, 15) is 9.59 Å². The van der Waals surface area contributed by atoms with Crippen LogP contribution in [0.25, 0.3) is 0 Å². The molecule has 0 saturated carbocycles. The molecule has 0 atom stereocenters. The topological polar surface area (TPSA) is 55.7 Å². The largest absolute Gasteiger partial charge is 0.365 e. The Bertz CT molecular complexity index is 658. The molecule has 0 radical (unpaired) electrons. The highest BCUT2D eigenvalue weighted by Gasteiger charge is 2.15. The van der Waals surface area contributed by atoms with Gasteiger partial charge in [-0.05, 0) is 48.9 Å². The van der Waals surface area contributed by atoms with Crippen LogP contribution in [-0.4, -0.2) is 17.5 Å². The summed E-state index contributed by atoms with van der Waals surface area (Å²) in [5.41, 5.74) is 1.22. The minimum absolute atomic E-state index is 0.0249. The number of hydrogen-bond acceptors (Lipinski definition) is 4. The van der Waals surface area contributed by atoms with Crippen molar-refractivity contribution in [2.24, 2.45) is 5.16 Å². The van der Waals surface area contributed by atoms with E-state index in [1.165, 1.54) is 24.3 Å². The summed E-state index contributed by atoms with van der Waals surface area (Å²) >= 11 is 11.4. The monoisotopic (exact) mass is 309 g/mol. The van der Waals surface area contributed by atoms with Gasteiger partial charge in [-0.1, -0.05) is 28.4 Å². The summed E-state index contributed by atoms with van der Waals surface area (Å²) in [4.78, 5) is 27.8. The number of allylic oxidation sites excluding steroid dienone is 4. The van der Waals surface area contributed by atoms with Crippen LogP contribution in [0.15, 0.2) is 52.2 Å². The van der Waals surface area contributed by atoms with Crippen LogP contribution in [0.3, 0.4) is 0 Å². The van der Waals surface area contributed by atoms with Crippen LogP contribution in [0.2, 0.25) is 5.02 Å². The molecule has 0 aliphatic heterocycles. The number of ketones is 1. The molecule has 1 aliphatic carbocycles. The number of nitrogens with zero attached hydrogens (tertiary/aromatic N) is 1. The first-order valence-corrected chi connectivity index (χ1v) is 6.38. The van der Waals surface area contributed by atoms with Crippen molar-refractivity contribution in [2.75, 3.05) is 0 Å². The normalized spacial score (nSPS) is 16.8. The Labute approximate surface area is 125 Å². The zero-order chi connectivity index (χ0) is 14.7. The third-order valence-electron chi connectivity index (χ3n) is 2.56. The smallest absolute Gasteiger partial charge is 0.312 e. The third kappa shape index (κ3) is 3.35. The highest BCUT2D eigenvalue weighted by Crippen LogP contribution is 2.16. The van der Waals surface area contributed by atoms with Crippen LogP contribution in [0.5, 0.6) is 0 Å². The summed E-state index contributed by atoms with van der Waals surface area (Å²) in [7, 11) is 0. The van der Waals surface area contributed by atoms with E-state index in [4.69, 9.17) is 28.0 Å². The summed E-state index contributed by atoms with van der Waals surface area (Å²) in [5.74, 6) is -0.921. The molecule has 2 rings (SSSR count). The summed E-state index contributed by atoms with van der Waals surface area (Å²) in [6.07, 6.45) is 2.69. The van der Waals surface area contributed by atoms with Crippen LogP contribution >= 0.6 is 23.2 Å². The van der Waals surface area contributed by atoms with E-state index in [2.05, 4.69) is 5.16 Å². The Kier molecular flexibility index (Phi) is 4.37. The molecule has 1 aliphatic rings. The molecule has 0 bridgehead atoms. The standard InChI is InChI=1S/C14H9Cl2NO3/c1-8-6-13(18)11(16)7-12(8)17-20-14(19)9-2-4-10(15)5-3-9/h2-7H,1H3/b17-12+. The summed E-state index contributed by atoms with van der Waals surface area (Å²) in [5, 5.41) is 4.25. The van der Waals surface area contributed by atoms with Crippen molar-refractivity contribution in [3.8, 4) is 0 Å². The Hall–Kier alpha value is -1.91. The molecule has 20 heavy (non-hydrogen) atoms. The molecule has 0 fully saturated rings. The predicted octanol–water partition coefficient (Wildman–Crippen LogP) is 3.50. The van der Waals surface area contributed by atoms with E-state index in [1.54, 1.807) is 19.1 Å². The van der Waals surface area contributed by atoms with Gasteiger partial charge in [-0.3, -0.25) is 4.79 Å². The maximum Gasteiger partial charge on any atom is 0.365 e. The molecule has 4 nitrogen and oxygen atoms in total. The molecule has 102 valence electrons. The molecular formula is C14H9Cl2NO3. The Morgan fingerprint density at radius 3 is 2.45 bits per heavy atom. The van der Waals surface area contributed by atoms with Crippen molar-refractivity contribution in [1.29, 1.82) is 0 Å². The molecular weight excluding hydrogens is 301 g/mol. The van der Waals surface area contributed by atoms with Crippen molar-refractivity contribution in [3.63, 3.8) is 0 Å². The van der Waals surface area contributed by atoms with Gasteiger partial charge < -0.3 is 4.84 Å². The average molecular weight is 310 g/mol. The first kappa shape index (κ1) is 14.5. The second-order valence-electron chi connectivity index (χ2n) is 4.05. The molecule has 0 saturated heterocycles. The average Bonchev–Trinajstić information content (AvgIpc) is 2.42. The molecule has 1 aromatic carbocycles. The maximum atomic E-state index is 11.7. The van der Waals surface area contributed by atoms with Crippen molar-refractivity contribution in [2.45, 2.75) is 6.92 Å². The van der Waals surface area contributed by atoms with E-state index >= 15 is 0 Å². The lowest BCUT2D eigenvalue weighted by atomic mass is 10.1. The molecule has 0 N–H and O–H groups in total. The zero-order valence-electron chi connectivity index (χ0n) is 10.4. The number of benzene rings is 1. The molecule has 6 heteroatoms. The van der Waals surface area contributed by atoms with E-state index in [1.807, 2.05) is 0 Å². The number of hydrogen-bond donors (Lipinski definition) is 0. The minimum atomic E-state index is -0.622. The molecule has 0 heterocycles. The second-order valence-corrected chi connectivity index (χ2v) is 4.89. The van der Waals surface area contributed by atoms with Crippen molar-refractivity contribution in [1.82, 2.24) is 0 Å². The van der Waals surface area contributed by atoms with Gasteiger partial charge >= 0.3 is 5.97 Å². The summed E-state index contributed by atoms with van der Waals surface area (Å²) in [6.45, 7) is 1.67. The van der Waals surface area contributed by atoms with Gasteiger partial charge in [-0.25, -0.2) is 4.79 Å². The first-order chi connectivity index (χ1) is 9.47. The van der Waals surface area contributed by atoms with Gasteiger partial charge in [0, 0.05) is 5.02 Å². The minimum Gasteiger partial charge on any atom is -0.312 e. The quantitative estimate of drug-likeness (QED) is 0.477. The van der Waals surface area contributed by atoms with E-state index in [0.717, 1.165) is 0 Å². The Balaban J connectivity index is 2.13. The van der Waals surface area contributed by atoms with Gasteiger partial charge in [-0.2, -0.15) is 0 Å². The Morgan fingerprint density at radius 2 is 1.80 bits per heavy atom. The van der Waals surface area contributed by atoms with Gasteiger partial charge in [0.2, 0.25) is 0 Å². The van der Waals surface area contributed by atoms with Crippen LogP contribution in [0.1, 0.15) is 17.3 Å². The van der Waals surface area contributed by atoms with E-state index in [-0.39, 0.29) is 10.8 Å². The SMILES string of the molecule is CC1=CC(=O)C(Cl)=C/C1=N\OC(=O)c1ccc(Cl)cc1. The zero-order valence-corrected chi connectivity index (χ0v) is 11.9. The van der Waals surface area contributed by atoms with Crippen LogP contribution < -0.4 is 0 Å². The predicted molar refractivity (Wildman–Crippen MR) is 77.0 cm³/mol. The van der Waals surface area contributed by atoms with E-state index < -0.39 is 5.97 Å². The van der Waals surface area contributed by atoms with Crippen molar-refractivity contribution in [3.05, 3.63) is 57.6 Å². The van der Waals surface area contributed by atoms with Gasteiger partial charge in [0.05, 0.1) is 10.6 Å². The number of halogens is 2. The van der Waals surface area contributed by atoms with Gasteiger partial charge in [0.15, 0.2) is 5.78 Å². The third-order valence-corrected chi connectivity index (χ3v) is 3.10. The van der Waals surface area contributed by atoms with Crippen LogP contribution in [-0.2, 0) is 9.63 Å².